The Labute approximate surface area is 188 Å². The number of amides is 4. The number of nitrogens with one attached hydrogen (secondary N) is 2. The van der Waals surface area contributed by atoms with Gasteiger partial charge in [-0.1, -0.05) is 38.1 Å². The summed E-state index contributed by atoms with van der Waals surface area (Å²) in [6, 6.07) is 12.9. The molecule has 0 saturated carbocycles. The van der Waals surface area contributed by atoms with Gasteiger partial charge in [0.15, 0.2) is 0 Å². The fourth-order valence-electron chi connectivity index (χ4n) is 4.70. The highest BCUT2D eigenvalue weighted by atomic mass is 16.2. The van der Waals surface area contributed by atoms with Crippen LogP contribution in [0.2, 0.25) is 0 Å². The van der Waals surface area contributed by atoms with Crippen LogP contribution in [-0.4, -0.2) is 48.9 Å². The van der Waals surface area contributed by atoms with Crippen LogP contribution in [-0.2, 0) is 10.3 Å². The van der Waals surface area contributed by atoms with Gasteiger partial charge < -0.3 is 15.1 Å². The van der Waals surface area contributed by atoms with Gasteiger partial charge in [-0.15, -0.1) is 0 Å². The van der Waals surface area contributed by atoms with Gasteiger partial charge in [0.1, 0.15) is 5.54 Å². The summed E-state index contributed by atoms with van der Waals surface area (Å²) >= 11 is 0. The van der Waals surface area contributed by atoms with Gasteiger partial charge in [-0.05, 0) is 54.7 Å². The first-order chi connectivity index (χ1) is 15.2. The lowest BCUT2D eigenvalue weighted by atomic mass is 9.79. The van der Waals surface area contributed by atoms with Crippen molar-refractivity contribution in [3.05, 3.63) is 64.7 Å². The zero-order chi connectivity index (χ0) is 23.0. The Bertz CT molecular complexity index is 1060. The Morgan fingerprint density at radius 2 is 1.62 bits per heavy atom. The van der Waals surface area contributed by atoms with Crippen LogP contribution in [0.4, 0.5) is 10.5 Å². The second-order valence-corrected chi connectivity index (χ2v) is 8.95. The number of benzene rings is 2. The number of piperazine rings is 1. The van der Waals surface area contributed by atoms with Crippen molar-refractivity contribution < 1.29 is 14.4 Å². The molecule has 7 heteroatoms. The molecule has 168 valence electrons. The van der Waals surface area contributed by atoms with Crippen molar-refractivity contribution in [1.29, 1.82) is 0 Å². The fraction of sp³-hybridized carbons (Fsp3) is 0.400. The van der Waals surface area contributed by atoms with Gasteiger partial charge in [-0.25, -0.2) is 4.79 Å². The highest BCUT2D eigenvalue weighted by Crippen LogP contribution is 2.33. The van der Waals surface area contributed by atoms with Crippen molar-refractivity contribution in [3.8, 4) is 0 Å². The molecule has 0 aliphatic carbocycles. The van der Waals surface area contributed by atoms with Crippen LogP contribution in [0, 0.1) is 19.8 Å². The molecule has 2 aromatic carbocycles. The summed E-state index contributed by atoms with van der Waals surface area (Å²) in [6.07, 6.45) is 0. The predicted octanol–water partition coefficient (Wildman–Crippen LogP) is 2.96. The van der Waals surface area contributed by atoms with Gasteiger partial charge in [0.05, 0.1) is 0 Å². The van der Waals surface area contributed by atoms with Gasteiger partial charge in [-0.3, -0.25) is 14.9 Å². The van der Waals surface area contributed by atoms with E-state index in [0.717, 1.165) is 13.1 Å². The van der Waals surface area contributed by atoms with Crippen LogP contribution in [0.1, 0.15) is 40.9 Å². The summed E-state index contributed by atoms with van der Waals surface area (Å²) < 4.78 is 0. The first-order valence-electron chi connectivity index (χ1n) is 11.1. The van der Waals surface area contributed by atoms with Crippen LogP contribution >= 0.6 is 0 Å². The maximum Gasteiger partial charge on any atom is 0.322 e. The summed E-state index contributed by atoms with van der Waals surface area (Å²) in [4.78, 5) is 41.6. The summed E-state index contributed by atoms with van der Waals surface area (Å²) in [7, 11) is 0. The Kier molecular flexibility index (Phi) is 5.67. The molecule has 7 nitrogen and oxygen atoms in total. The quantitative estimate of drug-likeness (QED) is 0.725. The highest BCUT2D eigenvalue weighted by Gasteiger charge is 2.50. The van der Waals surface area contributed by atoms with Crippen molar-refractivity contribution in [1.82, 2.24) is 15.5 Å². The summed E-state index contributed by atoms with van der Waals surface area (Å²) in [5.74, 6) is -0.525. The molecule has 2 saturated heterocycles. The molecule has 1 atom stereocenters. The first-order valence-corrected chi connectivity index (χ1v) is 11.1. The van der Waals surface area contributed by atoms with Gasteiger partial charge >= 0.3 is 6.03 Å². The lowest BCUT2D eigenvalue weighted by molar-refractivity contribution is -0.125. The van der Waals surface area contributed by atoms with Gasteiger partial charge in [0.2, 0.25) is 0 Å². The predicted molar refractivity (Wildman–Crippen MR) is 124 cm³/mol. The number of nitrogens with zero attached hydrogens (tertiary/aromatic N) is 2. The number of carbonyl (C=O) groups excluding carboxylic acids is 3. The Morgan fingerprint density at radius 3 is 2.19 bits per heavy atom. The summed E-state index contributed by atoms with van der Waals surface area (Å²) in [5, 5.41) is 5.11. The van der Waals surface area contributed by atoms with Crippen molar-refractivity contribution in [3.63, 3.8) is 0 Å². The van der Waals surface area contributed by atoms with Crippen LogP contribution < -0.4 is 15.5 Å². The Hall–Kier alpha value is -3.35. The van der Waals surface area contributed by atoms with Crippen molar-refractivity contribution >= 4 is 23.5 Å². The molecule has 2 aliphatic heterocycles. The van der Waals surface area contributed by atoms with E-state index >= 15 is 0 Å². The normalized spacial score (nSPS) is 21.0. The molecule has 4 rings (SSSR count). The molecule has 2 heterocycles. The monoisotopic (exact) mass is 434 g/mol. The lowest BCUT2D eigenvalue weighted by Crippen LogP contribution is -2.49. The molecule has 0 spiro atoms. The smallest absolute Gasteiger partial charge is 0.322 e. The van der Waals surface area contributed by atoms with Gasteiger partial charge in [0, 0.05) is 37.4 Å². The van der Waals surface area contributed by atoms with Crippen molar-refractivity contribution in [2.24, 2.45) is 5.92 Å². The third-order valence-corrected chi connectivity index (χ3v) is 6.83. The zero-order valence-corrected chi connectivity index (χ0v) is 19.1. The molecule has 2 aliphatic rings. The van der Waals surface area contributed by atoms with E-state index in [9.17, 15) is 14.4 Å². The van der Waals surface area contributed by atoms with E-state index in [0.29, 0.717) is 24.2 Å². The number of hydrogen-bond donors (Lipinski definition) is 2. The van der Waals surface area contributed by atoms with E-state index in [-0.39, 0.29) is 17.7 Å². The SMILES string of the molecule is Cc1cccc(N2CCN(C(=O)c3ccc(C4(C(C)C)NC(=O)NC4=O)cc3)CC2)c1C. The minimum absolute atomic E-state index is 0.0179. The molecular weight excluding hydrogens is 404 g/mol. The summed E-state index contributed by atoms with van der Waals surface area (Å²) in [5.41, 5.74) is 3.93. The molecule has 1 unspecified atom stereocenters. The molecular formula is C25H30N4O3. The fourth-order valence-corrected chi connectivity index (χ4v) is 4.70. The zero-order valence-electron chi connectivity index (χ0n) is 19.1. The third-order valence-electron chi connectivity index (χ3n) is 6.83. The number of aryl methyl sites for hydroxylation is 1. The number of rotatable bonds is 4. The van der Waals surface area contributed by atoms with Crippen molar-refractivity contribution in [2.45, 2.75) is 33.2 Å². The summed E-state index contributed by atoms with van der Waals surface area (Å²) in [6.45, 7) is 10.9. The molecule has 0 aromatic heterocycles. The first kappa shape index (κ1) is 21.9. The minimum Gasteiger partial charge on any atom is -0.368 e. The second-order valence-electron chi connectivity index (χ2n) is 8.95. The molecule has 0 radical (unpaired) electrons. The molecule has 2 aromatic rings. The molecule has 2 N–H and O–H groups in total. The topological polar surface area (TPSA) is 81.8 Å². The number of imide groups is 1. The molecule has 4 amide bonds. The van der Waals surface area contributed by atoms with Crippen LogP contribution in [0.25, 0.3) is 0 Å². The van der Waals surface area contributed by atoms with E-state index in [4.69, 9.17) is 0 Å². The highest BCUT2D eigenvalue weighted by molar-refractivity contribution is 6.07. The average Bonchev–Trinajstić information content (AvgIpc) is 3.10. The van der Waals surface area contributed by atoms with Gasteiger partial charge in [0.25, 0.3) is 11.8 Å². The minimum atomic E-state index is -1.12. The number of hydrogen-bond acceptors (Lipinski definition) is 4. The van der Waals surface area contributed by atoms with Crippen molar-refractivity contribution in [2.75, 3.05) is 31.1 Å². The van der Waals surface area contributed by atoms with E-state index < -0.39 is 11.6 Å². The molecule has 32 heavy (non-hydrogen) atoms. The van der Waals surface area contributed by atoms with Crippen LogP contribution in [0.3, 0.4) is 0 Å². The molecule has 0 bridgehead atoms. The average molecular weight is 435 g/mol. The number of carbonyl (C=O) groups is 3. The largest absolute Gasteiger partial charge is 0.368 e. The lowest BCUT2D eigenvalue weighted by Gasteiger charge is -2.37. The number of urea groups is 1. The van der Waals surface area contributed by atoms with E-state index in [2.05, 4.69) is 47.6 Å². The standard InChI is InChI=1S/C25H30N4O3/c1-16(2)25(23(31)26-24(32)27-25)20-10-8-19(9-11-20)22(30)29-14-12-28(13-15-29)21-7-5-6-17(3)18(21)4/h5-11,16H,12-15H2,1-4H3,(H2,26,27,31,32). The van der Waals surface area contributed by atoms with E-state index in [1.807, 2.05) is 18.7 Å². The maximum absolute atomic E-state index is 13.1. The molecule has 2 fully saturated rings. The van der Waals surface area contributed by atoms with E-state index in [1.165, 1.54) is 16.8 Å². The third kappa shape index (κ3) is 3.61. The number of anilines is 1. The second kappa shape index (κ2) is 8.30. The van der Waals surface area contributed by atoms with E-state index in [1.54, 1.807) is 24.3 Å². The van der Waals surface area contributed by atoms with Gasteiger partial charge in [-0.2, -0.15) is 0 Å². The Balaban J connectivity index is 1.46. The Morgan fingerprint density at radius 1 is 0.969 bits per heavy atom. The van der Waals surface area contributed by atoms with Crippen LogP contribution in [0.5, 0.6) is 0 Å². The maximum atomic E-state index is 13.1. The van der Waals surface area contributed by atoms with Crippen LogP contribution in [0.15, 0.2) is 42.5 Å².